The van der Waals surface area contributed by atoms with Crippen LogP contribution in [0.15, 0.2) is 26.6 Å². The Kier molecular flexibility index (Phi) is 7.11. The molecule has 4 rings (SSSR count). The third kappa shape index (κ3) is 4.76. The number of urea groups is 1. The van der Waals surface area contributed by atoms with Crippen LogP contribution in [0, 0.1) is 13.8 Å². The number of piperazine rings is 1. The molecular weight excluding hydrogens is 446 g/mol. The van der Waals surface area contributed by atoms with E-state index in [0.717, 1.165) is 42.8 Å². The molecule has 0 bridgehead atoms. The van der Waals surface area contributed by atoms with Gasteiger partial charge in [-0.25, -0.2) is 4.79 Å². The average Bonchev–Trinajstić information content (AvgIpc) is 3.43. The van der Waals surface area contributed by atoms with Crippen molar-refractivity contribution in [1.29, 1.82) is 0 Å². The van der Waals surface area contributed by atoms with Gasteiger partial charge in [0.05, 0.1) is 18.6 Å². The van der Waals surface area contributed by atoms with Crippen LogP contribution in [0.1, 0.15) is 56.0 Å². The molecule has 9 heteroatoms. The van der Waals surface area contributed by atoms with Crippen molar-refractivity contribution < 1.29 is 18.7 Å². The highest BCUT2D eigenvalue weighted by molar-refractivity contribution is 6.14. The SMILES string of the molecule is COCCCN1C[C@H](C)N(C(=O)N2CC3=C(CN=C3NC(=O)c3oc(C)cc3C)C2(C)C)C[C@H]1C. The lowest BCUT2D eigenvalue weighted by Gasteiger charge is -2.47. The largest absolute Gasteiger partial charge is 0.456 e. The maximum atomic E-state index is 13.8. The summed E-state index contributed by atoms with van der Waals surface area (Å²) in [6.07, 6.45) is 0.988. The number of amidine groups is 1. The molecule has 9 nitrogen and oxygen atoms in total. The second-order valence-corrected chi connectivity index (χ2v) is 10.6. The molecule has 3 aliphatic rings. The molecule has 2 atom stereocenters. The van der Waals surface area contributed by atoms with Crippen LogP contribution >= 0.6 is 0 Å². The highest BCUT2D eigenvalue weighted by atomic mass is 16.5. The zero-order chi connectivity index (χ0) is 25.5. The molecule has 0 aliphatic carbocycles. The lowest BCUT2D eigenvalue weighted by atomic mass is 9.94. The zero-order valence-electron chi connectivity index (χ0n) is 22.1. The summed E-state index contributed by atoms with van der Waals surface area (Å²) in [6, 6.07) is 2.29. The number of aryl methyl sites for hydroxylation is 2. The topological polar surface area (TPSA) is 90.6 Å². The number of nitrogens with one attached hydrogen (secondary N) is 1. The summed E-state index contributed by atoms with van der Waals surface area (Å²) in [6.45, 7) is 16.3. The van der Waals surface area contributed by atoms with E-state index in [0.29, 0.717) is 37.0 Å². The van der Waals surface area contributed by atoms with Gasteiger partial charge in [-0.05, 0) is 59.6 Å². The van der Waals surface area contributed by atoms with Gasteiger partial charge in [-0.2, -0.15) is 0 Å². The van der Waals surface area contributed by atoms with Crippen molar-refractivity contribution in [3.8, 4) is 0 Å². The first-order valence-corrected chi connectivity index (χ1v) is 12.5. The van der Waals surface area contributed by atoms with E-state index in [1.165, 1.54) is 0 Å². The van der Waals surface area contributed by atoms with E-state index in [4.69, 9.17) is 9.15 Å². The van der Waals surface area contributed by atoms with Crippen LogP contribution in [0.2, 0.25) is 0 Å². The second-order valence-electron chi connectivity index (χ2n) is 10.6. The summed E-state index contributed by atoms with van der Waals surface area (Å²) in [5.74, 6) is 1.24. The van der Waals surface area contributed by atoms with Crippen molar-refractivity contribution in [1.82, 2.24) is 20.0 Å². The molecule has 1 aromatic rings. The van der Waals surface area contributed by atoms with Crippen molar-refractivity contribution in [2.45, 2.75) is 65.6 Å². The van der Waals surface area contributed by atoms with E-state index < -0.39 is 5.54 Å². The molecule has 4 heterocycles. The average molecular weight is 486 g/mol. The molecule has 3 amide bonds. The number of hydrogen-bond donors (Lipinski definition) is 1. The minimum absolute atomic E-state index is 0.0449. The molecule has 1 saturated heterocycles. The number of amides is 3. The normalized spacial score (nSPS) is 24.1. The Bertz CT molecular complexity index is 1060. The Hall–Kier alpha value is -2.65. The molecule has 35 heavy (non-hydrogen) atoms. The van der Waals surface area contributed by atoms with E-state index in [-0.39, 0.29) is 24.0 Å². The Morgan fingerprint density at radius 1 is 1.23 bits per heavy atom. The van der Waals surface area contributed by atoms with Crippen LogP contribution < -0.4 is 5.32 Å². The number of furan rings is 1. The molecule has 0 aromatic carbocycles. The molecule has 0 saturated carbocycles. The molecule has 0 spiro atoms. The molecule has 1 aromatic heterocycles. The van der Waals surface area contributed by atoms with Crippen LogP contribution in [0.4, 0.5) is 4.79 Å². The summed E-state index contributed by atoms with van der Waals surface area (Å²) >= 11 is 0. The standard InChI is InChI=1S/C26H39N5O4/c1-16-11-19(4)35-22(16)24(32)28-23-20-15-31(26(5,6)21(20)12-27-23)25(33)30-14-17(2)29(13-18(30)3)9-8-10-34-7/h11,17-18H,8-10,12-15H2,1-7H3,(H,27,28,32)/t17-,18+/m1/s1. The van der Waals surface area contributed by atoms with E-state index >= 15 is 0 Å². The fraction of sp³-hybridized carbons (Fsp3) is 0.654. The van der Waals surface area contributed by atoms with Gasteiger partial charge in [0, 0.05) is 56.6 Å². The van der Waals surface area contributed by atoms with Gasteiger partial charge in [-0.1, -0.05) is 0 Å². The Morgan fingerprint density at radius 3 is 2.63 bits per heavy atom. The zero-order valence-corrected chi connectivity index (χ0v) is 22.1. The van der Waals surface area contributed by atoms with Crippen molar-refractivity contribution in [3.63, 3.8) is 0 Å². The van der Waals surface area contributed by atoms with E-state index in [1.807, 2.05) is 29.7 Å². The molecule has 3 aliphatic heterocycles. The highest BCUT2D eigenvalue weighted by Crippen LogP contribution is 2.39. The van der Waals surface area contributed by atoms with E-state index in [1.54, 1.807) is 7.11 Å². The summed E-state index contributed by atoms with van der Waals surface area (Å²) < 4.78 is 10.8. The van der Waals surface area contributed by atoms with Gasteiger partial charge in [0.1, 0.15) is 11.6 Å². The van der Waals surface area contributed by atoms with Crippen LogP contribution in [0.25, 0.3) is 0 Å². The number of aliphatic imine (C=N–C) groups is 1. The number of rotatable bonds is 5. The summed E-state index contributed by atoms with van der Waals surface area (Å²) in [5.41, 5.74) is 2.35. The number of ether oxygens (including phenoxy) is 1. The monoisotopic (exact) mass is 485 g/mol. The van der Waals surface area contributed by atoms with Crippen LogP contribution in [-0.2, 0) is 4.74 Å². The number of nitrogens with zero attached hydrogens (tertiary/aromatic N) is 4. The molecule has 1 fully saturated rings. The number of carbonyl (C=O) groups excluding carboxylic acids is 2. The maximum Gasteiger partial charge on any atom is 0.321 e. The predicted molar refractivity (Wildman–Crippen MR) is 135 cm³/mol. The fourth-order valence-electron chi connectivity index (χ4n) is 5.54. The quantitative estimate of drug-likeness (QED) is 0.648. The maximum absolute atomic E-state index is 13.8. The van der Waals surface area contributed by atoms with Gasteiger partial charge in [-0.3, -0.25) is 14.7 Å². The first-order valence-electron chi connectivity index (χ1n) is 12.5. The second kappa shape index (κ2) is 9.78. The van der Waals surface area contributed by atoms with Gasteiger partial charge in [0.25, 0.3) is 5.91 Å². The lowest BCUT2D eigenvalue weighted by molar-refractivity contribution is 0.0384. The highest BCUT2D eigenvalue weighted by Gasteiger charge is 2.48. The minimum Gasteiger partial charge on any atom is -0.456 e. The van der Waals surface area contributed by atoms with E-state index in [9.17, 15) is 9.59 Å². The Labute approximate surface area is 208 Å². The van der Waals surface area contributed by atoms with Crippen molar-refractivity contribution >= 4 is 17.8 Å². The number of methoxy groups -OCH3 is 1. The molecule has 1 N–H and O–H groups in total. The van der Waals surface area contributed by atoms with Crippen LogP contribution in [0.5, 0.6) is 0 Å². The van der Waals surface area contributed by atoms with Crippen molar-refractivity contribution in [2.24, 2.45) is 4.99 Å². The summed E-state index contributed by atoms with van der Waals surface area (Å²) in [5, 5.41) is 2.93. The summed E-state index contributed by atoms with van der Waals surface area (Å²) in [7, 11) is 1.73. The van der Waals surface area contributed by atoms with Crippen LogP contribution in [-0.4, -0.2) is 96.5 Å². The summed E-state index contributed by atoms with van der Waals surface area (Å²) in [4.78, 5) is 37.6. The molecule has 192 valence electrons. The Balaban J connectivity index is 1.44. The van der Waals surface area contributed by atoms with Gasteiger partial charge in [-0.15, -0.1) is 0 Å². The number of carbonyl (C=O) groups is 2. The van der Waals surface area contributed by atoms with Crippen LogP contribution in [0.3, 0.4) is 0 Å². The van der Waals surface area contributed by atoms with Gasteiger partial charge >= 0.3 is 6.03 Å². The molecular formula is C26H39N5O4. The van der Waals surface area contributed by atoms with Gasteiger partial charge in [0.2, 0.25) is 0 Å². The fourth-order valence-corrected chi connectivity index (χ4v) is 5.54. The predicted octanol–water partition coefficient (Wildman–Crippen LogP) is 2.98. The lowest BCUT2D eigenvalue weighted by Crippen LogP contribution is -2.62. The van der Waals surface area contributed by atoms with Crippen molar-refractivity contribution in [2.75, 3.05) is 46.4 Å². The third-order valence-corrected chi connectivity index (χ3v) is 7.64. The molecule has 0 unspecified atom stereocenters. The van der Waals surface area contributed by atoms with Gasteiger partial charge in [0.15, 0.2) is 5.76 Å². The minimum atomic E-state index is -0.474. The van der Waals surface area contributed by atoms with Gasteiger partial charge < -0.3 is 24.3 Å². The van der Waals surface area contributed by atoms with Crippen molar-refractivity contribution in [3.05, 3.63) is 34.3 Å². The van der Waals surface area contributed by atoms with E-state index in [2.05, 4.69) is 42.9 Å². The smallest absolute Gasteiger partial charge is 0.321 e. The third-order valence-electron chi connectivity index (χ3n) is 7.64. The first kappa shape index (κ1) is 25.4. The first-order chi connectivity index (χ1) is 16.5. The number of hydrogen-bond acceptors (Lipinski definition) is 6. The Morgan fingerprint density at radius 2 is 1.97 bits per heavy atom. The molecule has 0 radical (unpaired) electrons.